The Balaban J connectivity index is 0.00000154. The summed E-state index contributed by atoms with van der Waals surface area (Å²) in [5.41, 5.74) is 2.36. The summed E-state index contributed by atoms with van der Waals surface area (Å²) in [6.45, 7) is 2.13. The molecule has 1 aromatic rings. The van der Waals surface area contributed by atoms with E-state index >= 15 is 0 Å². The molecular formula is C14H23IN2O2. The highest BCUT2D eigenvalue weighted by atomic mass is 127. The minimum atomic E-state index is -0.440. The fourth-order valence-electron chi connectivity index (χ4n) is 1.69. The Kier molecular flexibility index (Phi) is 9.38. The second-order valence-corrected chi connectivity index (χ2v) is 4.07. The number of nitrogens with one attached hydrogen (secondary N) is 1. The van der Waals surface area contributed by atoms with Crippen molar-refractivity contribution in [2.24, 2.45) is 0 Å². The van der Waals surface area contributed by atoms with Gasteiger partial charge in [-0.3, -0.25) is 0 Å². The summed E-state index contributed by atoms with van der Waals surface area (Å²) in [6.07, 6.45) is 1.59. The molecule has 1 amide bonds. The quantitative estimate of drug-likeness (QED) is 0.645. The molecule has 5 heteroatoms. The van der Waals surface area contributed by atoms with Gasteiger partial charge in [-0.05, 0) is 35.1 Å². The summed E-state index contributed by atoms with van der Waals surface area (Å²) in [5, 5.41) is 2.43. The van der Waals surface area contributed by atoms with Crippen molar-refractivity contribution in [3.8, 4) is 5.75 Å². The van der Waals surface area contributed by atoms with Crippen LogP contribution in [0.3, 0.4) is 0 Å². The molecule has 0 aliphatic rings. The van der Waals surface area contributed by atoms with Crippen LogP contribution in [0.2, 0.25) is 0 Å². The fourth-order valence-corrected chi connectivity index (χ4v) is 1.69. The first-order valence-corrected chi connectivity index (χ1v) is 8.31. The molecule has 0 saturated heterocycles. The van der Waals surface area contributed by atoms with Crippen molar-refractivity contribution < 1.29 is 9.53 Å². The standard InChI is InChI=1S/C13H20N2O2.CH3I/c1-5-6-10-9-11(17-13(16)14-2)7-8-12(10)15(3)4;1-2/h7-9H,5-6H2,1-4H3,(H,14,16);1H3. The minimum Gasteiger partial charge on any atom is -0.410 e. The van der Waals surface area contributed by atoms with Gasteiger partial charge in [0, 0.05) is 26.8 Å². The predicted molar refractivity (Wildman–Crippen MR) is 89.8 cm³/mol. The molecule has 108 valence electrons. The largest absolute Gasteiger partial charge is 0.412 e. The van der Waals surface area contributed by atoms with Crippen LogP contribution in [0.15, 0.2) is 18.2 Å². The van der Waals surface area contributed by atoms with E-state index in [0.29, 0.717) is 5.75 Å². The third kappa shape index (κ3) is 6.13. The normalized spacial score (nSPS) is 9.16. The van der Waals surface area contributed by atoms with Crippen molar-refractivity contribution in [1.82, 2.24) is 5.32 Å². The molecular weight excluding hydrogens is 355 g/mol. The van der Waals surface area contributed by atoms with Gasteiger partial charge >= 0.3 is 6.09 Å². The topological polar surface area (TPSA) is 41.6 Å². The lowest BCUT2D eigenvalue weighted by atomic mass is 10.1. The van der Waals surface area contributed by atoms with Crippen molar-refractivity contribution in [2.45, 2.75) is 19.8 Å². The molecule has 0 fully saturated rings. The average Bonchev–Trinajstić information content (AvgIpc) is 2.41. The molecule has 4 nitrogen and oxygen atoms in total. The highest BCUT2D eigenvalue weighted by Gasteiger charge is 2.08. The summed E-state index contributed by atoms with van der Waals surface area (Å²) >= 11 is 2.15. The Labute approximate surface area is 129 Å². The average molecular weight is 378 g/mol. The summed E-state index contributed by atoms with van der Waals surface area (Å²) in [5.74, 6) is 0.582. The number of ether oxygens (including phenoxy) is 1. The zero-order valence-electron chi connectivity index (χ0n) is 12.3. The third-order valence-electron chi connectivity index (χ3n) is 2.47. The lowest BCUT2D eigenvalue weighted by Crippen LogP contribution is -2.22. The molecule has 0 saturated carbocycles. The van der Waals surface area contributed by atoms with Crippen LogP contribution in [-0.4, -0.2) is 32.2 Å². The second kappa shape index (κ2) is 9.89. The van der Waals surface area contributed by atoms with E-state index in [1.807, 2.05) is 37.2 Å². The Hall–Kier alpha value is -0.980. The van der Waals surface area contributed by atoms with Gasteiger partial charge in [0.2, 0.25) is 0 Å². The van der Waals surface area contributed by atoms with Gasteiger partial charge in [-0.25, -0.2) is 4.79 Å². The third-order valence-corrected chi connectivity index (χ3v) is 2.47. The minimum absolute atomic E-state index is 0.440. The zero-order chi connectivity index (χ0) is 14.8. The Bertz CT molecular complexity index is 395. The van der Waals surface area contributed by atoms with Gasteiger partial charge in [0.25, 0.3) is 0 Å². The molecule has 1 rings (SSSR count). The van der Waals surface area contributed by atoms with E-state index in [-0.39, 0.29) is 0 Å². The number of rotatable bonds is 4. The van der Waals surface area contributed by atoms with Crippen molar-refractivity contribution in [3.05, 3.63) is 23.8 Å². The molecule has 1 aromatic carbocycles. The van der Waals surface area contributed by atoms with Gasteiger partial charge in [-0.15, -0.1) is 0 Å². The molecule has 19 heavy (non-hydrogen) atoms. The lowest BCUT2D eigenvalue weighted by Gasteiger charge is -2.18. The molecule has 0 radical (unpaired) electrons. The number of hydrogen-bond donors (Lipinski definition) is 1. The number of alkyl halides is 1. The Morgan fingerprint density at radius 1 is 1.37 bits per heavy atom. The van der Waals surface area contributed by atoms with E-state index in [2.05, 4.69) is 39.7 Å². The van der Waals surface area contributed by atoms with Gasteiger partial charge in [-0.1, -0.05) is 35.9 Å². The van der Waals surface area contributed by atoms with Gasteiger partial charge in [0.15, 0.2) is 0 Å². The predicted octanol–water partition coefficient (Wildman–Crippen LogP) is 3.47. The SMILES string of the molecule is CCCc1cc(OC(=O)NC)ccc1N(C)C.CI. The van der Waals surface area contributed by atoms with Gasteiger partial charge in [0.05, 0.1) is 0 Å². The molecule has 0 atom stereocenters. The first-order valence-electron chi connectivity index (χ1n) is 6.16. The van der Waals surface area contributed by atoms with Crippen molar-refractivity contribution in [2.75, 3.05) is 31.0 Å². The highest BCUT2D eigenvalue weighted by Crippen LogP contribution is 2.25. The second-order valence-electron chi connectivity index (χ2n) is 4.07. The van der Waals surface area contributed by atoms with Crippen LogP contribution in [0.25, 0.3) is 0 Å². The molecule has 0 heterocycles. The number of anilines is 1. The maximum Gasteiger partial charge on any atom is 0.412 e. The molecule has 1 N–H and O–H groups in total. The Morgan fingerprint density at radius 2 is 2.00 bits per heavy atom. The van der Waals surface area contributed by atoms with Crippen LogP contribution in [0.1, 0.15) is 18.9 Å². The van der Waals surface area contributed by atoms with Gasteiger partial charge in [0.1, 0.15) is 5.75 Å². The van der Waals surface area contributed by atoms with E-state index in [4.69, 9.17) is 4.74 Å². The van der Waals surface area contributed by atoms with Crippen LogP contribution in [0.4, 0.5) is 10.5 Å². The Morgan fingerprint density at radius 3 is 2.47 bits per heavy atom. The number of benzene rings is 1. The molecule has 0 aliphatic heterocycles. The lowest BCUT2D eigenvalue weighted by molar-refractivity contribution is 0.203. The van der Waals surface area contributed by atoms with Crippen LogP contribution in [0, 0.1) is 0 Å². The number of carbonyl (C=O) groups excluding carboxylic acids is 1. The number of halogens is 1. The number of nitrogens with zero attached hydrogens (tertiary/aromatic N) is 1. The van der Waals surface area contributed by atoms with Crippen LogP contribution < -0.4 is 15.0 Å². The molecule has 0 unspecified atom stereocenters. The van der Waals surface area contributed by atoms with E-state index < -0.39 is 6.09 Å². The molecule has 0 spiro atoms. The summed E-state index contributed by atoms with van der Waals surface area (Å²) in [6, 6.07) is 5.71. The van der Waals surface area contributed by atoms with Crippen LogP contribution in [0.5, 0.6) is 5.75 Å². The number of amides is 1. The highest BCUT2D eigenvalue weighted by molar-refractivity contribution is 14.1. The van der Waals surface area contributed by atoms with Crippen LogP contribution in [-0.2, 0) is 6.42 Å². The first kappa shape index (κ1) is 18.0. The van der Waals surface area contributed by atoms with E-state index in [9.17, 15) is 4.79 Å². The van der Waals surface area contributed by atoms with Crippen molar-refractivity contribution in [3.63, 3.8) is 0 Å². The van der Waals surface area contributed by atoms with Crippen molar-refractivity contribution >= 4 is 34.4 Å². The number of hydrogen-bond acceptors (Lipinski definition) is 3. The first-order chi connectivity index (χ1) is 9.08. The summed E-state index contributed by atoms with van der Waals surface area (Å²) < 4.78 is 5.12. The molecule has 0 bridgehead atoms. The van der Waals surface area contributed by atoms with E-state index in [1.165, 1.54) is 5.56 Å². The number of aryl methyl sites for hydroxylation is 1. The summed E-state index contributed by atoms with van der Waals surface area (Å²) in [4.78, 5) is 15.2. The van der Waals surface area contributed by atoms with Crippen LogP contribution >= 0.6 is 22.6 Å². The molecule has 0 aliphatic carbocycles. The smallest absolute Gasteiger partial charge is 0.410 e. The maximum atomic E-state index is 11.1. The van der Waals surface area contributed by atoms with Gasteiger partial charge in [-0.2, -0.15) is 0 Å². The summed E-state index contributed by atoms with van der Waals surface area (Å²) in [7, 11) is 5.56. The van der Waals surface area contributed by atoms with E-state index in [1.54, 1.807) is 7.05 Å². The molecule has 0 aromatic heterocycles. The maximum absolute atomic E-state index is 11.1. The zero-order valence-corrected chi connectivity index (χ0v) is 14.4. The van der Waals surface area contributed by atoms with Gasteiger partial charge < -0.3 is 15.0 Å². The monoisotopic (exact) mass is 378 g/mol. The van der Waals surface area contributed by atoms with E-state index in [0.717, 1.165) is 18.5 Å². The fraction of sp³-hybridized carbons (Fsp3) is 0.500. The number of carbonyl (C=O) groups is 1. The van der Waals surface area contributed by atoms with Crippen molar-refractivity contribution in [1.29, 1.82) is 0 Å².